The molecule has 1 aromatic rings. The van der Waals surface area contributed by atoms with Crippen LogP contribution < -0.4 is 5.32 Å². The standard InChI is InChI=1S/C9H10BrNO3S/c1-2-5(9(13)14)11-8(12)6-3-4-7(10)15-6/h3-5H,2H2,1H3,(H,11,12)(H,13,14)/t5-/m1/s1. The Morgan fingerprint density at radius 3 is 2.67 bits per heavy atom. The maximum atomic E-state index is 11.5. The number of halogens is 1. The quantitative estimate of drug-likeness (QED) is 0.893. The zero-order chi connectivity index (χ0) is 11.4. The average Bonchev–Trinajstić information content (AvgIpc) is 2.60. The lowest BCUT2D eigenvalue weighted by Gasteiger charge is -2.10. The maximum Gasteiger partial charge on any atom is 0.326 e. The molecule has 0 bridgehead atoms. The third-order valence-electron chi connectivity index (χ3n) is 1.81. The van der Waals surface area contributed by atoms with Gasteiger partial charge in [0.2, 0.25) is 0 Å². The van der Waals surface area contributed by atoms with E-state index in [1.54, 1.807) is 19.1 Å². The van der Waals surface area contributed by atoms with Crippen LogP contribution in [0.3, 0.4) is 0 Å². The minimum atomic E-state index is -1.01. The van der Waals surface area contributed by atoms with Gasteiger partial charge in [0.1, 0.15) is 6.04 Å². The number of carboxylic acid groups (broad SMARTS) is 1. The first-order valence-electron chi connectivity index (χ1n) is 4.33. The second-order valence-corrected chi connectivity index (χ2v) is 5.34. The van der Waals surface area contributed by atoms with Crippen LogP contribution in [0.5, 0.6) is 0 Å². The van der Waals surface area contributed by atoms with Crippen LogP contribution in [0.2, 0.25) is 0 Å². The summed E-state index contributed by atoms with van der Waals surface area (Å²) in [5, 5.41) is 11.2. The van der Waals surface area contributed by atoms with Crippen molar-refractivity contribution in [3.8, 4) is 0 Å². The highest BCUT2D eigenvalue weighted by Gasteiger charge is 2.19. The molecule has 0 spiro atoms. The molecule has 2 N–H and O–H groups in total. The largest absolute Gasteiger partial charge is 0.480 e. The van der Waals surface area contributed by atoms with E-state index in [2.05, 4.69) is 21.2 Å². The topological polar surface area (TPSA) is 66.4 Å². The number of hydrogen-bond acceptors (Lipinski definition) is 3. The van der Waals surface area contributed by atoms with E-state index in [9.17, 15) is 9.59 Å². The summed E-state index contributed by atoms with van der Waals surface area (Å²) in [5.41, 5.74) is 0. The summed E-state index contributed by atoms with van der Waals surface area (Å²) in [6.07, 6.45) is 0.369. The average molecular weight is 292 g/mol. The van der Waals surface area contributed by atoms with Crippen LogP contribution in [-0.2, 0) is 4.79 Å². The van der Waals surface area contributed by atoms with Gasteiger partial charge in [-0.15, -0.1) is 11.3 Å². The smallest absolute Gasteiger partial charge is 0.326 e. The van der Waals surface area contributed by atoms with Crippen LogP contribution in [0.1, 0.15) is 23.0 Å². The summed E-state index contributed by atoms with van der Waals surface area (Å²) in [7, 11) is 0. The van der Waals surface area contributed by atoms with E-state index in [0.717, 1.165) is 3.79 Å². The van der Waals surface area contributed by atoms with Gasteiger partial charge in [-0.05, 0) is 34.5 Å². The van der Waals surface area contributed by atoms with Crippen LogP contribution >= 0.6 is 27.3 Å². The molecular formula is C9H10BrNO3S. The summed E-state index contributed by atoms with van der Waals surface area (Å²) in [4.78, 5) is 22.7. The van der Waals surface area contributed by atoms with Crippen molar-refractivity contribution in [2.75, 3.05) is 0 Å². The Labute approximate surface area is 99.4 Å². The fourth-order valence-corrected chi connectivity index (χ4v) is 2.29. The first kappa shape index (κ1) is 12.2. The van der Waals surface area contributed by atoms with E-state index in [-0.39, 0.29) is 5.91 Å². The lowest BCUT2D eigenvalue weighted by atomic mass is 10.2. The maximum absolute atomic E-state index is 11.5. The van der Waals surface area contributed by atoms with Crippen molar-refractivity contribution < 1.29 is 14.7 Å². The highest BCUT2D eigenvalue weighted by atomic mass is 79.9. The van der Waals surface area contributed by atoms with Gasteiger partial charge in [0.05, 0.1) is 8.66 Å². The molecule has 0 unspecified atom stereocenters. The van der Waals surface area contributed by atoms with Gasteiger partial charge < -0.3 is 10.4 Å². The molecule has 4 nitrogen and oxygen atoms in total. The predicted octanol–water partition coefficient (Wildman–Crippen LogP) is 2.10. The first-order valence-corrected chi connectivity index (χ1v) is 5.94. The van der Waals surface area contributed by atoms with E-state index in [4.69, 9.17) is 5.11 Å². The molecule has 0 aliphatic rings. The van der Waals surface area contributed by atoms with Crippen molar-refractivity contribution in [1.29, 1.82) is 0 Å². The van der Waals surface area contributed by atoms with E-state index >= 15 is 0 Å². The Hall–Kier alpha value is -0.880. The van der Waals surface area contributed by atoms with Crippen molar-refractivity contribution in [3.05, 3.63) is 20.8 Å². The van der Waals surface area contributed by atoms with Gasteiger partial charge in [-0.25, -0.2) is 4.79 Å². The van der Waals surface area contributed by atoms with Crippen molar-refractivity contribution >= 4 is 39.1 Å². The monoisotopic (exact) mass is 291 g/mol. The summed E-state index contributed by atoms with van der Waals surface area (Å²) < 4.78 is 0.844. The Morgan fingerprint density at radius 1 is 1.60 bits per heavy atom. The van der Waals surface area contributed by atoms with Gasteiger partial charge >= 0.3 is 5.97 Å². The minimum absolute atomic E-state index is 0.347. The van der Waals surface area contributed by atoms with E-state index < -0.39 is 12.0 Å². The Bertz CT molecular complexity index is 377. The number of nitrogens with one attached hydrogen (secondary N) is 1. The van der Waals surface area contributed by atoms with Gasteiger partial charge in [0, 0.05) is 0 Å². The Morgan fingerprint density at radius 2 is 2.27 bits per heavy atom. The summed E-state index contributed by atoms with van der Waals surface area (Å²) in [6.45, 7) is 1.71. The van der Waals surface area contributed by atoms with Gasteiger partial charge in [0.15, 0.2) is 0 Å². The molecule has 1 heterocycles. The Balaban J connectivity index is 2.66. The minimum Gasteiger partial charge on any atom is -0.480 e. The number of carbonyl (C=O) groups is 2. The van der Waals surface area contributed by atoms with Gasteiger partial charge in [-0.2, -0.15) is 0 Å². The van der Waals surface area contributed by atoms with Crippen LogP contribution in [0.4, 0.5) is 0 Å². The molecular weight excluding hydrogens is 282 g/mol. The van der Waals surface area contributed by atoms with Crippen molar-refractivity contribution in [2.24, 2.45) is 0 Å². The number of carbonyl (C=O) groups excluding carboxylic acids is 1. The third kappa shape index (κ3) is 3.32. The molecule has 0 aromatic carbocycles. The number of carboxylic acids is 1. The van der Waals surface area contributed by atoms with Crippen molar-refractivity contribution in [2.45, 2.75) is 19.4 Å². The van der Waals surface area contributed by atoms with Crippen LogP contribution in [0.15, 0.2) is 15.9 Å². The van der Waals surface area contributed by atoms with E-state index in [1.165, 1.54) is 11.3 Å². The number of hydrogen-bond donors (Lipinski definition) is 2. The molecule has 0 aliphatic heterocycles. The lowest BCUT2D eigenvalue weighted by molar-refractivity contribution is -0.139. The second kappa shape index (κ2) is 5.27. The summed E-state index contributed by atoms with van der Waals surface area (Å²) >= 11 is 4.51. The molecule has 15 heavy (non-hydrogen) atoms. The van der Waals surface area contributed by atoms with Crippen LogP contribution in [-0.4, -0.2) is 23.0 Å². The first-order chi connectivity index (χ1) is 7.04. The Kier molecular flexibility index (Phi) is 4.28. The molecule has 1 aromatic heterocycles. The molecule has 1 amide bonds. The SMILES string of the molecule is CC[C@@H](NC(=O)c1ccc(Br)s1)C(=O)O. The zero-order valence-electron chi connectivity index (χ0n) is 7.99. The molecule has 0 radical (unpaired) electrons. The number of aliphatic carboxylic acids is 1. The molecule has 0 aliphatic carbocycles. The van der Waals surface area contributed by atoms with Gasteiger partial charge in [-0.1, -0.05) is 6.92 Å². The third-order valence-corrected chi connectivity index (χ3v) is 3.43. The number of thiophene rings is 1. The van der Waals surface area contributed by atoms with Crippen molar-refractivity contribution in [1.82, 2.24) is 5.32 Å². The normalized spacial score (nSPS) is 12.1. The highest BCUT2D eigenvalue weighted by molar-refractivity contribution is 9.11. The van der Waals surface area contributed by atoms with Crippen molar-refractivity contribution in [3.63, 3.8) is 0 Å². The number of amides is 1. The van der Waals surface area contributed by atoms with Gasteiger partial charge in [0.25, 0.3) is 5.91 Å². The molecule has 0 saturated carbocycles. The molecule has 82 valence electrons. The van der Waals surface area contributed by atoms with Crippen LogP contribution in [0, 0.1) is 0 Å². The van der Waals surface area contributed by atoms with E-state index in [0.29, 0.717) is 11.3 Å². The molecule has 0 saturated heterocycles. The fraction of sp³-hybridized carbons (Fsp3) is 0.333. The predicted molar refractivity (Wildman–Crippen MR) is 61.2 cm³/mol. The second-order valence-electron chi connectivity index (χ2n) is 2.88. The van der Waals surface area contributed by atoms with E-state index in [1.807, 2.05) is 0 Å². The molecule has 6 heteroatoms. The van der Waals surface area contributed by atoms with Gasteiger partial charge in [-0.3, -0.25) is 4.79 Å². The molecule has 0 fully saturated rings. The van der Waals surface area contributed by atoms with Crippen LogP contribution in [0.25, 0.3) is 0 Å². The number of rotatable bonds is 4. The summed E-state index contributed by atoms with van der Waals surface area (Å²) in [5.74, 6) is -1.36. The highest BCUT2D eigenvalue weighted by Crippen LogP contribution is 2.21. The fourth-order valence-electron chi connectivity index (χ4n) is 1.00. The molecule has 1 atom stereocenters. The summed E-state index contributed by atoms with van der Waals surface area (Å²) in [6, 6.07) is 2.58. The zero-order valence-corrected chi connectivity index (χ0v) is 10.4. The molecule has 1 rings (SSSR count). The lowest BCUT2D eigenvalue weighted by Crippen LogP contribution is -2.39.